The van der Waals surface area contributed by atoms with Gasteiger partial charge in [-0.15, -0.1) is 0 Å². The van der Waals surface area contributed by atoms with Crippen molar-refractivity contribution in [1.29, 1.82) is 0 Å². The topological polar surface area (TPSA) is 103 Å². The maximum Gasteiger partial charge on any atom is 0.256 e. The highest BCUT2D eigenvalue weighted by Crippen LogP contribution is 2.34. The van der Waals surface area contributed by atoms with Gasteiger partial charge < -0.3 is 10.2 Å². The molecule has 0 spiro atoms. The minimum absolute atomic E-state index is 0.0564. The molecular weight excluding hydrogens is 523 g/mol. The number of piperidine rings is 2. The molecule has 2 fully saturated rings. The highest BCUT2D eigenvalue weighted by atomic mass is 35.5. The number of aromatic amines is 1. The molecule has 2 aliphatic heterocycles. The molecule has 0 radical (unpaired) electrons. The van der Waals surface area contributed by atoms with Gasteiger partial charge in [-0.25, -0.2) is 4.98 Å². The van der Waals surface area contributed by atoms with E-state index in [0.717, 1.165) is 80.4 Å². The lowest BCUT2D eigenvalue weighted by atomic mass is 9.79. The van der Waals surface area contributed by atoms with Crippen LogP contribution in [0, 0.1) is 11.8 Å². The van der Waals surface area contributed by atoms with Gasteiger partial charge in [0.25, 0.3) is 5.78 Å². The number of rotatable bonds is 7. The molecule has 0 aliphatic carbocycles. The zero-order valence-electron chi connectivity index (χ0n) is 21.4. The molecule has 3 aromatic heterocycles. The van der Waals surface area contributed by atoms with Gasteiger partial charge in [0.05, 0.1) is 12.6 Å². The third kappa shape index (κ3) is 5.43. The van der Waals surface area contributed by atoms with Crippen molar-refractivity contribution < 1.29 is 0 Å². The van der Waals surface area contributed by atoms with E-state index in [9.17, 15) is 0 Å². The van der Waals surface area contributed by atoms with Crippen LogP contribution >= 0.6 is 23.2 Å². The number of hydrogen-bond donors (Lipinski definition) is 2. The molecule has 4 aromatic rings. The molecule has 0 amide bonds. The summed E-state index contributed by atoms with van der Waals surface area (Å²) in [5.74, 6) is 4.67. The Morgan fingerprint density at radius 3 is 2.74 bits per heavy atom. The van der Waals surface area contributed by atoms with Crippen LogP contribution in [0.15, 0.2) is 36.9 Å². The fourth-order valence-corrected chi connectivity index (χ4v) is 6.52. The van der Waals surface area contributed by atoms with Gasteiger partial charge in [-0.2, -0.15) is 24.7 Å². The van der Waals surface area contributed by atoms with Crippen LogP contribution in [-0.2, 0) is 6.54 Å². The van der Waals surface area contributed by atoms with Crippen LogP contribution < -0.4 is 10.2 Å². The van der Waals surface area contributed by atoms with Crippen LogP contribution in [0.3, 0.4) is 0 Å². The molecule has 2 aliphatic rings. The smallest absolute Gasteiger partial charge is 0.256 e. The zero-order chi connectivity index (χ0) is 26.1. The predicted octanol–water partition coefficient (Wildman–Crippen LogP) is 4.85. The van der Waals surface area contributed by atoms with Crippen LogP contribution in [-0.4, -0.2) is 65.8 Å². The summed E-state index contributed by atoms with van der Waals surface area (Å²) in [6, 6.07) is 7.59. The monoisotopic (exact) mass is 554 g/mol. The summed E-state index contributed by atoms with van der Waals surface area (Å²) in [6.45, 7) is 7.12. The summed E-state index contributed by atoms with van der Waals surface area (Å²) < 4.78 is 1.74. The molecule has 38 heavy (non-hydrogen) atoms. The molecule has 200 valence electrons. The van der Waals surface area contributed by atoms with E-state index in [1.807, 2.05) is 12.1 Å². The fourth-order valence-electron chi connectivity index (χ4n) is 5.95. The minimum Gasteiger partial charge on any atom is -0.363 e. The van der Waals surface area contributed by atoms with E-state index in [2.05, 4.69) is 53.4 Å². The van der Waals surface area contributed by atoms with Crippen molar-refractivity contribution in [3.05, 3.63) is 58.4 Å². The van der Waals surface area contributed by atoms with Gasteiger partial charge >= 0.3 is 0 Å². The number of benzene rings is 1. The number of nitrogens with one attached hydrogen (secondary N) is 2. The molecule has 2 saturated heterocycles. The van der Waals surface area contributed by atoms with E-state index >= 15 is 0 Å². The Morgan fingerprint density at radius 2 is 1.95 bits per heavy atom. The fraction of sp³-hybridized carbons (Fsp3) is 0.500. The molecule has 6 rings (SSSR count). The van der Waals surface area contributed by atoms with Gasteiger partial charge in [-0.05, 0) is 68.7 Å². The first-order valence-electron chi connectivity index (χ1n) is 13.3. The average molecular weight is 556 g/mol. The Kier molecular flexibility index (Phi) is 7.36. The summed E-state index contributed by atoms with van der Waals surface area (Å²) in [5, 5.41) is 16.3. The molecule has 0 unspecified atom stereocenters. The van der Waals surface area contributed by atoms with Crippen molar-refractivity contribution in [1.82, 2.24) is 39.7 Å². The lowest BCUT2D eigenvalue weighted by Crippen LogP contribution is -2.42. The Bertz CT molecular complexity index is 1370. The van der Waals surface area contributed by atoms with E-state index in [1.54, 1.807) is 16.9 Å². The van der Waals surface area contributed by atoms with Crippen LogP contribution in [0.2, 0.25) is 10.0 Å². The van der Waals surface area contributed by atoms with E-state index in [0.29, 0.717) is 15.8 Å². The van der Waals surface area contributed by atoms with Gasteiger partial charge in [0.1, 0.15) is 24.3 Å². The molecular formula is C26H32Cl2N10. The van der Waals surface area contributed by atoms with Crippen LogP contribution in [0.25, 0.3) is 5.78 Å². The van der Waals surface area contributed by atoms with Gasteiger partial charge in [-0.1, -0.05) is 29.3 Å². The standard InChI is InChI=1S/C26H32Cl2N10/c1-17(21-5-4-20(27)11-22(21)28)33-25-12-24(34-26-30-16-32-38(25)26)37-9-6-18(7-10-37)19-3-2-8-36(13-19)14-23-29-15-31-35-23/h4-5,11-12,15-19,33H,2-3,6-10,13-14H2,1H3,(H,29,31,35)/t17-,19+/m1/s1. The van der Waals surface area contributed by atoms with Crippen LogP contribution in [0.5, 0.6) is 0 Å². The molecule has 2 atom stereocenters. The number of H-pyrrole nitrogens is 1. The SMILES string of the molecule is C[C@@H](Nc1cc(N2CCC([C@H]3CCCN(Cc4nc[nH]n4)C3)CC2)nc2ncnn12)c1ccc(Cl)cc1Cl. The molecule has 1 aromatic carbocycles. The summed E-state index contributed by atoms with van der Waals surface area (Å²) >= 11 is 12.6. The summed E-state index contributed by atoms with van der Waals surface area (Å²) in [6.07, 6.45) is 8.07. The highest BCUT2D eigenvalue weighted by molar-refractivity contribution is 6.35. The Labute approximate surface area is 231 Å². The molecule has 5 heterocycles. The summed E-state index contributed by atoms with van der Waals surface area (Å²) in [7, 11) is 0. The van der Waals surface area contributed by atoms with E-state index in [-0.39, 0.29) is 6.04 Å². The minimum atomic E-state index is -0.0564. The predicted molar refractivity (Wildman–Crippen MR) is 149 cm³/mol. The van der Waals surface area contributed by atoms with Crippen molar-refractivity contribution in [3.8, 4) is 0 Å². The average Bonchev–Trinajstić information content (AvgIpc) is 3.61. The largest absolute Gasteiger partial charge is 0.363 e. The highest BCUT2D eigenvalue weighted by Gasteiger charge is 2.31. The molecule has 0 bridgehead atoms. The van der Waals surface area contributed by atoms with E-state index in [4.69, 9.17) is 28.2 Å². The first kappa shape index (κ1) is 25.3. The number of anilines is 2. The number of fused-ring (bicyclic) bond motifs is 1. The lowest BCUT2D eigenvalue weighted by Gasteiger charge is -2.41. The number of aromatic nitrogens is 7. The maximum atomic E-state index is 6.47. The Morgan fingerprint density at radius 1 is 1.08 bits per heavy atom. The van der Waals surface area contributed by atoms with Crippen LogP contribution in [0.1, 0.15) is 50.0 Å². The second-order valence-electron chi connectivity index (χ2n) is 10.4. The van der Waals surface area contributed by atoms with Crippen molar-refractivity contribution in [2.45, 2.75) is 45.2 Å². The van der Waals surface area contributed by atoms with Crippen molar-refractivity contribution in [2.75, 3.05) is 36.4 Å². The van der Waals surface area contributed by atoms with Gasteiger partial charge in [0.15, 0.2) is 5.82 Å². The Balaban J connectivity index is 1.13. The lowest BCUT2D eigenvalue weighted by molar-refractivity contribution is 0.114. The second kappa shape index (κ2) is 11.0. The van der Waals surface area contributed by atoms with E-state index < -0.39 is 0 Å². The zero-order valence-corrected chi connectivity index (χ0v) is 22.9. The van der Waals surface area contributed by atoms with Crippen molar-refractivity contribution >= 4 is 40.6 Å². The molecule has 12 heteroatoms. The molecule has 0 saturated carbocycles. The maximum absolute atomic E-state index is 6.47. The summed E-state index contributed by atoms with van der Waals surface area (Å²) in [5.41, 5.74) is 0.966. The number of nitrogens with zero attached hydrogens (tertiary/aromatic N) is 8. The quantitative estimate of drug-likeness (QED) is 0.334. The van der Waals surface area contributed by atoms with Crippen molar-refractivity contribution in [2.24, 2.45) is 11.8 Å². The summed E-state index contributed by atoms with van der Waals surface area (Å²) in [4.78, 5) is 18.4. The van der Waals surface area contributed by atoms with E-state index in [1.165, 1.54) is 19.2 Å². The number of halogens is 2. The second-order valence-corrected chi connectivity index (χ2v) is 11.2. The number of hydrogen-bond acceptors (Lipinski definition) is 8. The van der Waals surface area contributed by atoms with Gasteiger partial charge in [0.2, 0.25) is 0 Å². The van der Waals surface area contributed by atoms with Crippen molar-refractivity contribution in [3.63, 3.8) is 0 Å². The first-order chi connectivity index (χ1) is 18.5. The first-order valence-corrected chi connectivity index (χ1v) is 14.0. The molecule has 10 nitrogen and oxygen atoms in total. The Hall–Kier alpha value is -2.95. The number of likely N-dealkylation sites (tertiary alicyclic amines) is 1. The van der Waals surface area contributed by atoms with Crippen LogP contribution in [0.4, 0.5) is 11.6 Å². The normalized spacial score (nSPS) is 20.2. The van der Waals surface area contributed by atoms with Gasteiger partial charge in [-0.3, -0.25) is 10.00 Å². The molecule has 2 N–H and O–H groups in total. The van der Waals surface area contributed by atoms with Gasteiger partial charge in [0, 0.05) is 35.7 Å². The third-order valence-corrected chi connectivity index (χ3v) is 8.50. The third-order valence-electron chi connectivity index (χ3n) is 7.93.